The van der Waals surface area contributed by atoms with Crippen LogP contribution in [0.5, 0.6) is 23.0 Å². The fraction of sp³-hybridized carbons (Fsp3) is 0.421. The standard InChI is InChI=1S/C19H23ClN2O4/c1-23-15-6-12(7-16(24-2)17(15)25-3)14-8-13(9-22-18(14)20)26-11-19(10-21)4-5-19/h6-9H,4-5,10-11,21H2,1-3H3. The second-order valence-electron chi connectivity index (χ2n) is 6.42. The summed E-state index contributed by atoms with van der Waals surface area (Å²) >= 11 is 6.33. The van der Waals surface area contributed by atoms with Crippen LogP contribution in [0.2, 0.25) is 5.15 Å². The molecular weight excluding hydrogens is 356 g/mol. The number of methoxy groups -OCH3 is 3. The second-order valence-corrected chi connectivity index (χ2v) is 6.77. The van der Waals surface area contributed by atoms with Crippen molar-refractivity contribution in [2.24, 2.45) is 11.1 Å². The Morgan fingerprint density at radius 2 is 1.73 bits per heavy atom. The Morgan fingerprint density at radius 3 is 2.23 bits per heavy atom. The lowest BCUT2D eigenvalue weighted by Crippen LogP contribution is -2.22. The maximum absolute atomic E-state index is 6.33. The number of rotatable bonds is 8. The predicted molar refractivity (Wildman–Crippen MR) is 101 cm³/mol. The van der Waals surface area contributed by atoms with Crippen molar-refractivity contribution < 1.29 is 18.9 Å². The van der Waals surface area contributed by atoms with E-state index in [4.69, 9.17) is 36.3 Å². The molecule has 1 aromatic heterocycles. The fourth-order valence-corrected chi connectivity index (χ4v) is 2.98. The summed E-state index contributed by atoms with van der Waals surface area (Å²) in [7, 11) is 4.71. The minimum Gasteiger partial charge on any atom is -0.493 e. The Kier molecular flexibility index (Phi) is 5.44. The first-order valence-electron chi connectivity index (χ1n) is 8.34. The van der Waals surface area contributed by atoms with Crippen molar-refractivity contribution >= 4 is 11.6 Å². The van der Waals surface area contributed by atoms with Gasteiger partial charge >= 0.3 is 0 Å². The molecule has 3 rings (SSSR count). The van der Waals surface area contributed by atoms with Crippen LogP contribution in [0.15, 0.2) is 24.4 Å². The highest BCUT2D eigenvalue weighted by atomic mass is 35.5. The molecule has 1 fully saturated rings. The summed E-state index contributed by atoms with van der Waals surface area (Å²) in [5, 5.41) is 0.367. The van der Waals surface area contributed by atoms with Gasteiger partial charge in [0.2, 0.25) is 5.75 Å². The zero-order valence-electron chi connectivity index (χ0n) is 15.2. The molecule has 1 aliphatic carbocycles. The van der Waals surface area contributed by atoms with E-state index in [9.17, 15) is 0 Å². The largest absolute Gasteiger partial charge is 0.493 e. The number of nitrogens with zero attached hydrogens (tertiary/aromatic N) is 1. The second kappa shape index (κ2) is 7.60. The quantitative estimate of drug-likeness (QED) is 0.708. The van der Waals surface area contributed by atoms with E-state index in [0.29, 0.717) is 41.3 Å². The van der Waals surface area contributed by atoms with Crippen LogP contribution in [0, 0.1) is 5.41 Å². The van der Waals surface area contributed by atoms with Gasteiger partial charge in [-0.1, -0.05) is 11.6 Å². The topological polar surface area (TPSA) is 75.8 Å². The molecule has 0 bridgehead atoms. The van der Waals surface area contributed by atoms with Crippen molar-refractivity contribution in [1.29, 1.82) is 0 Å². The predicted octanol–water partition coefficient (Wildman–Crippen LogP) is 3.55. The third-order valence-electron chi connectivity index (χ3n) is 4.72. The number of benzene rings is 1. The summed E-state index contributed by atoms with van der Waals surface area (Å²) < 4.78 is 22.1. The molecule has 0 radical (unpaired) electrons. The van der Waals surface area contributed by atoms with Crippen LogP contribution < -0.4 is 24.7 Å². The number of ether oxygens (including phenoxy) is 4. The molecule has 1 saturated carbocycles. The number of halogens is 1. The molecule has 0 atom stereocenters. The highest BCUT2D eigenvalue weighted by molar-refractivity contribution is 6.32. The van der Waals surface area contributed by atoms with E-state index < -0.39 is 0 Å². The summed E-state index contributed by atoms with van der Waals surface area (Å²) in [6.07, 6.45) is 3.82. The molecule has 0 unspecified atom stereocenters. The van der Waals surface area contributed by atoms with E-state index in [-0.39, 0.29) is 5.41 Å². The monoisotopic (exact) mass is 378 g/mol. The average molecular weight is 379 g/mol. The van der Waals surface area contributed by atoms with Gasteiger partial charge in [-0.15, -0.1) is 0 Å². The van der Waals surface area contributed by atoms with Crippen LogP contribution in [0.25, 0.3) is 11.1 Å². The van der Waals surface area contributed by atoms with Crippen molar-refractivity contribution in [3.63, 3.8) is 0 Å². The smallest absolute Gasteiger partial charge is 0.203 e. The van der Waals surface area contributed by atoms with Crippen LogP contribution in [0.3, 0.4) is 0 Å². The number of hydrogen-bond acceptors (Lipinski definition) is 6. The Labute approximate surface area is 158 Å². The minimum absolute atomic E-state index is 0.117. The van der Waals surface area contributed by atoms with E-state index in [0.717, 1.165) is 24.0 Å². The van der Waals surface area contributed by atoms with E-state index >= 15 is 0 Å². The molecule has 1 aromatic carbocycles. The highest BCUT2D eigenvalue weighted by Gasteiger charge is 2.42. The lowest BCUT2D eigenvalue weighted by molar-refractivity contribution is 0.238. The Morgan fingerprint density at radius 1 is 1.08 bits per heavy atom. The Hall–Kier alpha value is -2.18. The lowest BCUT2D eigenvalue weighted by atomic mass is 10.1. The van der Waals surface area contributed by atoms with E-state index in [1.165, 1.54) is 0 Å². The third kappa shape index (κ3) is 3.66. The molecule has 26 heavy (non-hydrogen) atoms. The highest BCUT2D eigenvalue weighted by Crippen LogP contribution is 2.45. The first kappa shape index (κ1) is 18.6. The molecule has 2 aromatic rings. The van der Waals surface area contributed by atoms with Crippen molar-refractivity contribution in [2.75, 3.05) is 34.5 Å². The summed E-state index contributed by atoms with van der Waals surface area (Å²) in [5.74, 6) is 2.26. The van der Waals surface area contributed by atoms with Gasteiger partial charge in [-0.2, -0.15) is 0 Å². The van der Waals surface area contributed by atoms with E-state index in [1.54, 1.807) is 27.5 Å². The molecule has 0 aliphatic heterocycles. The molecule has 2 N–H and O–H groups in total. The van der Waals surface area contributed by atoms with Crippen molar-refractivity contribution in [1.82, 2.24) is 4.98 Å². The third-order valence-corrected chi connectivity index (χ3v) is 5.03. The van der Waals surface area contributed by atoms with E-state index in [2.05, 4.69) is 4.98 Å². The summed E-state index contributed by atoms with van der Waals surface area (Å²) in [6, 6.07) is 5.52. The first-order chi connectivity index (χ1) is 12.6. The Balaban J connectivity index is 1.94. The van der Waals surface area contributed by atoms with E-state index in [1.807, 2.05) is 18.2 Å². The summed E-state index contributed by atoms with van der Waals surface area (Å²) in [6.45, 7) is 1.22. The van der Waals surface area contributed by atoms with Crippen LogP contribution in [-0.4, -0.2) is 39.5 Å². The summed E-state index contributed by atoms with van der Waals surface area (Å²) in [5.41, 5.74) is 7.45. The first-order valence-corrected chi connectivity index (χ1v) is 8.72. The Bertz CT molecular complexity index is 768. The van der Waals surface area contributed by atoms with Crippen LogP contribution in [0.1, 0.15) is 12.8 Å². The summed E-state index contributed by atoms with van der Waals surface area (Å²) in [4.78, 5) is 4.25. The van der Waals surface area contributed by atoms with Gasteiger partial charge in [0.1, 0.15) is 10.9 Å². The van der Waals surface area contributed by atoms with Gasteiger partial charge in [0.05, 0.1) is 34.1 Å². The van der Waals surface area contributed by atoms with Crippen molar-refractivity contribution in [2.45, 2.75) is 12.8 Å². The molecule has 140 valence electrons. The molecule has 7 heteroatoms. The molecule has 0 saturated heterocycles. The van der Waals surface area contributed by atoms with Gasteiger partial charge in [0, 0.05) is 17.5 Å². The molecule has 0 amide bonds. The van der Waals surface area contributed by atoms with Gasteiger partial charge in [-0.3, -0.25) is 0 Å². The molecule has 6 nitrogen and oxygen atoms in total. The maximum atomic E-state index is 6.33. The van der Waals surface area contributed by atoms with Crippen LogP contribution in [-0.2, 0) is 0 Å². The fourth-order valence-electron chi connectivity index (χ4n) is 2.77. The van der Waals surface area contributed by atoms with Gasteiger partial charge in [0.15, 0.2) is 11.5 Å². The molecule has 0 spiro atoms. The molecule has 1 heterocycles. The minimum atomic E-state index is 0.117. The number of aromatic nitrogens is 1. The van der Waals surface area contributed by atoms with Crippen LogP contribution in [0.4, 0.5) is 0 Å². The number of hydrogen-bond donors (Lipinski definition) is 1. The molecular formula is C19H23ClN2O4. The number of pyridine rings is 1. The SMILES string of the molecule is COc1cc(-c2cc(OCC3(CN)CC3)cnc2Cl)cc(OC)c1OC. The van der Waals surface area contributed by atoms with Gasteiger partial charge in [-0.05, 0) is 36.6 Å². The van der Waals surface area contributed by atoms with Crippen molar-refractivity contribution in [3.05, 3.63) is 29.5 Å². The average Bonchev–Trinajstić information content (AvgIpc) is 3.46. The zero-order valence-corrected chi connectivity index (χ0v) is 15.9. The molecule has 1 aliphatic rings. The maximum Gasteiger partial charge on any atom is 0.203 e. The normalized spacial score (nSPS) is 14.7. The van der Waals surface area contributed by atoms with Gasteiger partial charge < -0.3 is 24.7 Å². The van der Waals surface area contributed by atoms with Crippen LogP contribution >= 0.6 is 11.6 Å². The zero-order chi connectivity index (χ0) is 18.7. The van der Waals surface area contributed by atoms with Gasteiger partial charge in [-0.25, -0.2) is 4.98 Å². The number of nitrogens with two attached hydrogens (primary N) is 1. The van der Waals surface area contributed by atoms with Crippen molar-refractivity contribution in [3.8, 4) is 34.1 Å². The lowest BCUT2D eigenvalue weighted by Gasteiger charge is -2.16. The van der Waals surface area contributed by atoms with Gasteiger partial charge in [0.25, 0.3) is 0 Å².